The van der Waals surface area contributed by atoms with Crippen LogP contribution in [0.25, 0.3) is 0 Å². The second-order valence-electron chi connectivity index (χ2n) is 19.5. The Morgan fingerprint density at radius 1 is 0.312 bits per heavy atom. The number of ether oxygens (including phenoxy) is 3. The topological polar surface area (TPSA) is 61.8 Å². The van der Waals surface area contributed by atoms with Gasteiger partial charge in [-0.2, -0.15) is 0 Å². The molecule has 0 rings (SSSR count). The average molecular weight is 902 g/mol. The first-order valence-corrected chi connectivity index (χ1v) is 28.9. The van der Waals surface area contributed by atoms with Crippen molar-refractivity contribution in [2.75, 3.05) is 19.8 Å². The van der Waals surface area contributed by atoms with E-state index in [0.29, 0.717) is 19.4 Å². The van der Waals surface area contributed by atoms with Gasteiger partial charge in [-0.1, -0.05) is 263 Å². The molecule has 0 fully saturated rings. The zero-order valence-corrected chi connectivity index (χ0v) is 43.6. The summed E-state index contributed by atoms with van der Waals surface area (Å²) in [5.74, 6) is -0.328. The first-order chi connectivity index (χ1) is 31.6. The lowest BCUT2D eigenvalue weighted by Crippen LogP contribution is -2.29. The molecule has 0 bridgehead atoms. The largest absolute Gasteiger partial charge is 0.463 e. The number of unbranched alkanes of at least 4 members (excludes halogenated alkanes) is 39. The third kappa shape index (κ3) is 53.0. The molecule has 1 atom stereocenters. The minimum atomic E-state index is -0.397. The van der Waals surface area contributed by atoms with Gasteiger partial charge in [-0.3, -0.25) is 9.59 Å². The van der Waals surface area contributed by atoms with Crippen LogP contribution in [0.3, 0.4) is 0 Å². The van der Waals surface area contributed by atoms with Gasteiger partial charge in [0, 0.05) is 19.4 Å². The smallest absolute Gasteiger partial charge is 0.305 e. The maximum Gasteiger partial charge on any atom is 0.305 e. The minimum absolute atomic E-state index is 0.159. The fourth-order valence-corrected chi connectivity index (χ4v) is 8.58. The van der Waals surface area contributed by atoms with Gasteiger partial charge in [0.2, 0.25) is 0 Å². The number of carbonyl (C=O) groups is 2. The molecule has 5 heteroatoms. The summed E-state index contributed by atoms with van der Waals surface area (Å²) in [6.45, 7) is 7.74. The van der Waals surface area contributed by atoms with Gasteiger partial charge >= 0.3 is 11.9 Å². The first kappa shape index (κ1) is 62.4. The Bertz CT molecular complexity index is 974. The molecule has 0 aliphatic rings. The Kier molecular flexibility index (Phi) is 54.3. The van der Waals surface area contributed by atoms with Gasteiger partial charge in [0.25, 0.3) is 0 Å². The Hall–Kier alpha value is -1.62. The van der Waals surface area contributed by atoms with Crippen molar-refractivity contribution < 1.29 is 23.8 Å². The molecule has 0 spiro atoms. The number of hydrogen-bond donors (Lipinski definition) is 0. The standard InChI is InChI=1S/C59H112O5/c1-4-7-10-13-16-19-22-24-26-28-29-30-31-32-33-35-38-41-44-47-50-53-59(61)64-56-57(55-63-58(60)52-49-46-43-40-37-21-18-15-12-9-6-3)62-54-51-48-45-42-39-36-34-27-25-23-20-17-14-11-8-5-2/h15,18,24,26,57H,4-14,16-17,19-23,25,27-56H2,1-3H3/b18-15-,26-24-/t57-/m0/s1. The maximum atomic E-state index is 12.7. The van der Waals surface area contributed by atoms with Gasteiger partial charge < -0.3 is 14.2 Å². The Morgan fingerprint density at radius 3 is 0.875 bits per heavy atom. The monoisotopic (exact) mass is 901 g/mol. The third-order valence-corrected chi connectivity index (χ3v) is 13.0. The van der Waals surface area contributed by atoms with E-state index in [2.05, 4.69) is 45.1 Å². The molecule has 5 nitrogen and oxygen atoms in total. The number of carbonyl (C=O) groups excluding carboxylic acids is 2. The minimum Gasteiger partial charge on any atom is -0.463 e. The summed E-state index contributed by atoms with van der Waals surface area (Å²) in [5.41, 5.74) is 0. The van der Waals surface area contributed by atoms with Crippen molar-refractivity contribution in [3.8, 4) is 0 Å². The molecule has 0 N–H and O–H groups in total. The van der Waals surface area contributed by atoms with Gasteiger partial charge in [-0.05, 0) is 64.2 Å². The second kappa shape index (κ2) is 55.7. The van der Waals surface area contributed by atoms with Crippen LogP contribution in [0.5, 0.6) is 0 Å². The Balaban J connectivity index is 4.14. The summed E-state index contributed by atoms with van der Waals surface area (Å²) >= 11 is 0. The zero-order chi connectivity index (χ0) is 46.3. The molecule has 0 unspecified atom stereocenters. The molecule has 0 aromatic rings. The predicted octanol–water partition coefficient (Wildman–Crippen LogP) is 19.6. The van der Waals surface area contributed by atoms with Gasteiger partial charge in [-0.15, -0.1) is 0 Å². The lowest BCUT2D eigenvalue weighted by Gasteiger charge is -2.18. The van der Waals surface area contributed by atoms with Crippen LogP contribution in [0.1, 0.15) is 316 Å². The van der Waals surface area contributed by atoms with E-state index in [9.17, 15) is 9.59 Å². The van der Waals surface area contributed by atoms with Crippen LogP contribution >= 0.6 is 0 Å². The first-order valence-electron chi connectivity index (χ1n) is 28.9. The summed E-state index contributed by atoms with van der Waals surface area (Å²) in [6, 6.07) is 0. The molecule has 0 heterocycles. The molecular weight excluding hydrogens is 789 g/mol. The van der Waals surface area contributed by atoms with Gasteiger partial charge in [0.05, 0.1) is 0 Å². The van der Waals surface area contributed by atoms with Gasteiger partial charge in [0.1, 0.15) is 19.3 Å². The number of hydrogen-bond acceptors (Lipinski definition) is 5. The lowest BCUT2D eigenvalue weighted by atomic mass is 10.0. The van der Waals surface area contributed by atoms with Crippen LogP contribution in [-0.2, 0) is 23.8 Å². The molecule has 378 valence electrons. The molecule has 0 aromatic carbocycles. The van der Waals surface area contributed by atoms with Crippen molar-refractivity contribution in [3.63, 3.8) is 0 Å². The molecule has 0 saturated carbocycles. The van der Waals surface area contributed by atoms with Crippen LogP contribution < -0.4 is 0 Å². The fraction of sp³-hybridized carbons (Fsp3) is 0.898. The lowest BCUT2D eigenvalue weighted by molar-refractivity contribution is -0.155. The average Bonchev–Trinajstić information content (AvgIpc) is 3.30. The summed E-state index contributed by atoms with van der Waals surface area (Å²) in [7, 11) is 0. The van der Waals surface area contributed by atoms with E-state index in [-0.39, 0.29) is 25.2 Å². The van der Waals surface area contributed by atoms with Crippen molar-refractivity contribution in [3.05, 3.63) is 24.3 Å². The summed E-state index contributed by atoms with van der Waals surface area (Å²) < 4.78 is 17.5. The molecule has 0 saturated heterocycles. The molecule has 0 aliphatic heterocycles. The number of rotatable bonds is 54. The predicted molar refractivity (Wildman–Crippen MR) is 279 cm³/mol. The molecule has 0 amide bonds. The van der Waals surface area contributed by atoms with Crippen molar-refractivity contribution in [1.82, 2.24) is 0 Å². The van der Waals surface area contributed by atoms with Crippen molar-refractivity contribution in [2.24, 2.45) is 0 Å². The third-order valence-electron chi connectivity index (χ3n) is 13.0. The zero-order valence-electron chi connectivity index (χ0n) is 43.6. The SMILES string of the molecule is CCCC/C=C\CCCCCCCC(=O)OC[C@@H](COC(=O)CCCCCCCCCCCCC/C=C\CCCCCCCC)OCCCCCCCCCCCCCCCCCC. The number of allylic oxidation sites excluding steroid dienone is 4. The summed E-state index contributed by atoms with van der Waals surface area (Å²) in [4.78, 5) is 25.2. The summed E-state index contributed by atoms with van der Waals surface area (Å²) in [5, 5.41) is 0. The van der Waals surface area contributed by atoms with E-state index in [1.165, 1.54) is 231 Å². The van der Waals surface area contributed by atoms with Crippen LogP contribution in [0, 0.1) is 0 Å². The van der Waals surface area contributed by atoms with Crippen molar-refractivity contribution in [2.45, 2.75) is 322 Å². The normalized spacial score (nSPS) is 12.2. The van der Waals surface area contributed by atoms with E-state index >= 15 is 0 Å². The highest BCUT2D eigenvalue weighted by molar-refractivity contribution is 5.69. The molecule has 0 radical (unpaired) electrons. The van der Waals surface area contributed by atoms with E-state index in [0.717, 1.165) is 51.4 Å². The maximum absolute atomic E-state index is 12.7. The van der Waals surface area contributed by atoms with Crippen LogP contribution in [0.2, 0.25) is 0 Å². The Morgan fingerprint density at radius 2 is 0.562 bits per heavy atom. The molecular formula is C59H112O5. The van der Waals surface area contributed by atoms with E-state index in [1.54, 1.807) is 0 Å². The highest BCUT2D eigenvalue weighted by Gasteiger charge is 2.16. The summed E-state index contributed by atoms with van der Waals surface area (Å²) in [6.07, 6.45) is 66.5. The molecule has 0 aliphatic carbocycles. The Labute approximate surface area is 400 Å². The highest BCUT2D eigenvalue weighted by Crippen LogP contribution is 2.16. The van der Waals surface area contributed by atoms with Crippen molar-refractivity contribution in [1.29, 1.82) is 0 Å². The van der Waals surface area contributed by atoms with Crippen molar-refractivity contribution >= 4 is 11.9 Å². The van der Waals surface area contributed by atoms with E-state index in [1.807, 2.05) is 0 Å². The van der Waals surface area contributed by atoms with Crippen LogP contribution in [-0.4, -0.2) is 37.9 Å². The fourth-order valence-electron chi connectivity index (χ4n) is 8.58. The van der Waals surface area contributed by atoms with Crippen LogP contribution in [0.15, 0.2) is 24.3 Å². The van der Waals surface area contributed by atoms with E-state index in [4.69, 9.17) is 14.2 Å². The van der Waals surface area contributed by atoms with Gasteiger partial charge in [-0.25, -0.2) is 0 Å². The molecule has 64 heavy (non-hydrogen) atoms. The quantitative estimate of drug-likeness (QED) is 0.0346. The second-order valence-corrected chi connectivity index (χ2v) is 19.5. The highest BCUT2D eigenvalue weighted by atomic mass is 16.6. The number of esters is 2. The van der Waals surface area contributed by atoms with Gasteiger partial charge in [0.15, 0.2) is 0 Å². The van der Waals surface area contributed by atoms with E-state index < -0.39 is 6.10 Å². The van der Waals surface area contributed by atoms with Crippen LogP contribution in [0.4, 0.5) is 0 Å². The molecule has 0 aromatic heterocycles.